The molecule has 64 valence electrons. The molecule has 0 aromatic heterocycles. The molecular weight excluding hydrogens is 212 g/mol. The number of halogens is 1. The van der Waals surface area contributed by atoms with E-state index in [4.69, 9.17) is 0 Å². The molecule has 2 rings (SSSR count). The molecule has 0 fully saturated rings. The van der Waals surface area contributed by atoms with Crippen LogP contribution in [0.2, 0.25) is 0 Å². The van der Waals surface area contributed by atoms with Crippen molar-refractivity contribution in [3.05, 3.63) is 33.3 Å². The molecule has 1 aliphatic carbocycles. The molecule has 1 aliphatic rings. The van der Waals surface area contributed by atoms with E-state index in [-0.39, 0.29) is 0 Å². The average molecular weight is 225 g/mol. The minimum atomic E-state index is 0.760. The molecule has 0 heterocycles. The first-order valence-corrected chi connectivity index (χ1v) is 5.26. The Bertz CT molecular complexity index is 315. The van der Waals surface area contributed by atoms with Gasteiger partial charge in [0.05, 0.1) is 0 Å². The first kappa shape index (κ1) is 8.31. The second kappa shape index (κ2) is 2.88. The summed E-state index contributed by atoms with van der Waals surface area (Å²) >= 11 is 3.63. The molecule has 0 amide bonds. The third-order valence-electron chi connectivity index (χ3n) is 2.73. The zero-order chi connectivity index (χ0) is 8.72. The van der Waals surface area contributed by atoms with Gasteiger partial charge in [0.2, 0.25) is 0 Å². The number of hydrogen-bond acceptors (Lipinski definition) is 0. The molecule has 0 N–H and O–H groups in total. The van der Waals surface area contributed by atoms with E-state index in [0.717, 1.165) is 5.92 Å². The van der Waals surface area contributed by atoms with Crippen LogP contribution in [0.15, 0.2) is 16.6 Å². The molecule has 0 saturated carbocycles. The van der Waals surface area contributed by atoms with E-state index in [1.807, 2.05) is 0 Å². The van der Waals surface area contributed by atoms with Crippen molar-refractivity contribution in [1.82, 2.24) is 0 Å². The Labute approximate surface area is 82.1 Å². The second-order valence-corrected chi connectivity index (χ2v) is 4.61. The van der Waals surface area contributed by atoms with Gasteiger partial charge in [-0.25, -0.2) is 0 Å². The third kappa shape index (κ3) is 1.20. The van der Waals surface area contributed by atoms with Crippen LogP contribution in [-0.2, 0) is 6.42 Å². The van der Waals surface area contributed by atoms with Crippen LogP contribution < -0.4 is 0 Å². The third-order valence-corrected chi connectivity index (χ3v) is 3.44. The lowest BCUT2D eigenvalue weighted by molar-refractivity contribution is 0.747. The van der Waals surface area contributed by atoms with Gasteiger partial charge in [0.15, 0.2) is 0 Å². The van der Waals surface area contributed by atoms with Crippen LogP contribution in [0.1, 0.15) is 36.0 Å². The largest absolute Gasteiger partial charge is 0.0584 e. The lowest BCUT2D eigenvalue weighted by Crippen LogP contribution is -1.88. The molecule has 0 saturated heterocycles. The van der Waals surface area contributed by atoms with E-state index in [2.05, 4.69) is 41.9 Å². The Morgan fingerprint density at radius 3 is 2.92 bits per heavy atom. The summed E-state index contributed by atoms with van der Waals surface area (Å²) in [6.45, 7) is 4.48. The molecule has 0 radical (unpaired) electrons. The maximum atomic E-state index is 3.63. The van der Waals surface area contributed by atoms with E-state index in [9.17, 15) is 0 Å². The molecule has 1 unspecified atom stereocenters. The molecule has 1 aromatic carbocycles. The first-order valence-electron chi connectivity index (χ1n) is 4.47. The van der Waals surface area contributed by atoms with Crippen LogP contribution >= 0.6 is 15.9 Å². The summed E-state index contributed by atoms with van der Waals surface area (Å²) in [6, 6.07) is 4.55. The highest BCUT2D eigenvalue weighted by Gasteiger charge is 2.20. The molecule has 0 bridgehead atoms. The highest BCUT2D eigenvalue weighted by Crippen LogP contribution is 2.37. The Hall–Kier alpha value is -0.300. The van der Waals surface area contributed by atoms with Crippen molar-refractivity contribution in [2.45, 2.75) is 32.6 Å². The lowest BCUT2D eigenvalue weighted by atomic mass is 10.0. The van der Waals surface area contributed by atoms with Gasteiger partial charge in [0, 0.05) is 4.47 Å². The van der Waals surface area contributed by atoms with Crippen LogP contribution in [0, 0.1) is 6.92 Å². The van der Waals surface area contributed by atoms with Crippen LogP contribution in [0.5, 0.6) is 0 Å². The predicted molar refractivity (Wildman–Crippen MR) is 55.6 cm³/mol. The van der Waals surface area contributed by atoms with Crippen molar-refractivity contribution in [3.63, 3.8) is 0 Å². The fourth-order valence-electron chi connectivity index (χ4n) is 2.02. The zero-order valence-electron chi connectivity index (χ0n) is 7.52. The van der Waals surface area contributed by atoms with Crippen LogP contribution in [0.25, 0.3) is 0 Å². The summed E-state index contributed by atoms with van der Waals surface area (Å²) in [5.74, 6) is 0.760. The van der Waals surface area contributed by atoms with Gasteiger partial charge in [-0.05, 0) is 48.4 Å². The van der Waals surface area contributed by atoms with E-state index in [1.165, 1.54) is 28.4 Å². The van der Waals surface area contributed by atoms with Crippen molar-refractivity contribution in [1.29, 1.82) is 0 Å². The van der Waals surface area contributed by atoms with Crippen LogP contribution in [-0.4, -0.2) is 0 Å². The summed E-state index contributed by atoms with van der Waals surface area (Å²) in [5, 5.41) is 0. The monoisotopic (exact) mass is 224 g/mol. The molecule has 12 heavy (non-hydrogen) atoms. The number of aryl methyl sites for hydroxylation is 1. The molecule has 1 aromatic rings. The number of hydrogen-bond donors (Lipinski definition) is 0. The lowest BCUT2D eigenvalue weighted by Gasteiger charge is -2.07. The maximum Gasteiger partial charge on any atom is 0.0212 e. The summed E-state index contributed by atoms with van der Waals surface area (Å²) in [6.07, 6.45) is 2.56. The fraction of sp³-hybridized carbons (Fsp3) is 0.455. The SMILES string of the molecule is Cc1cc(Br)c2c(c1)C(C)CC2. The highest BCUT2D eigenvalue weighted by atomic mass is 79.9. The van der Waals surface area contributed by atoms with Gasteiger partial charge < -0.3 is 0 Å². The molecule has 0 aliphatic heterocycles. The topological polar surface area (TPSA) is 0 Å². The molecule has 1 heteroatoms. The second-order valence-electron chi connectivity index (χ2n) is 3.75. The molecular formula is C11H13Br. The smallest absolute Gasteiger partial charge is 0.0212 e. The van der Waals surface area contributed by atoms with Crippen LogP contribution in [0.4, 0.5) is 0 Å². The Balaban J connectivity index is 2.60. The van der Waals surface area contributed by atoms with Crippen LogP contribution in [0.3, 0.4) is 0 Å². The molecule has 0 spiro atoms. The van der Waals surface area contributed by atoms with E-state index < -0.39 is 0 Å². The Morgan fingerprint density at radius 2 is 2.17 bits per heavy atom. The van der Waals surface area contributed by atoms with Gasteiger partial charge in [-0.1, -0.05) is 28.9 Å². The summed E-state index contributed by atoms with van der Waals surface area (Å²) in [5.41, 5.74) is 4.46. The fourth-order valence-corrected chi connectivity index (χ4v) is 2.81. The van der Waals surface area contributed by atoms with E-state index >= 15 is 0 Å². The van der Waals surface area contributed by atoms with Gasteiger partial charge in [0.25, 0.3) is 0 Å². The van der Waals surface area contributed by atoms with Gasteiger partial charge >= 0.3 is 0 Å². The summed E-state index contributed by atoms with van der Waals surface area (Å²) < 4.78 is 1.31. The van der Waals surface area contributed by atoms with Crippen molar-refractivity contribution in [3.8, 4) is 0 Å². The Morgan fingerprint density at radius 1 is 1.42 bits per heavy atom. The molecule has 1 atom stereocenters. The van der Waals surface area contributed by atoms with Gasteiger partial charge in [0.1, 0.15) is 0 Å². The number of benzene rings is 1. The zero-order valence-corrected chi connectivity index (χ0v) is 9.11. The quantitative estimate of drug-likeness (QED) is 0.629. The normalized spacial score (nSPS) is 21.1. The van der Waals surface area contributed by atoms with Gasteiger partial charge in [-0.3, -0.25) is 0 Å². The Kier molecular flexibility index (Phi) is 1.99. The maximum absolute atomic E-state index is 3.63. The minimum absolute atomic E-state index is 0.760. The number of fused-ring (bicyclic) bond motifs is 1. The van der Waals surface area contributed by atoms with Gasteiger partial charge in [-0.15, -0.1) is 0 Å². The minimum Gasteiger partial charge on any atom is -0.0584 e. The van der Waals surface area contributed by atoms with Crippen molar-refractivity contribution < 1.29 is 0 Å². The van der Waals surface area contributed by atoms with Crippen molar-refractivity contribution in [2.75, 3.05) is 0 Å². The summed E-state index contributed by atoms with van der Waals surface area (Å²) in [7, 11) is 0. The van der Waals surface area contributed by atoms with Crippen molar-refractivity contribution in [2.24, 2.45) is 0 Å². The van der Waals surface area contributed by atoms with E-state index in [1.54, 1.807) is 5.56 Å². The number of rotatable bonds is 0. The van der Waals surface area contributed by atoms with Gasteiger partial charge in [-0.2, -0.15) is 0 Å². The summed E-state index contributed by atoms with van der Waals surface area (Å²) in [4.78, 5) is 0. The van der Waals surface area contributed by atoms with Crippen molar-refractivity contribution >= 4 is 15.9 Å². The highest BCUT2D eigenvalue weighted by molar-refractivity contribution is 9.10. The van der Waals surface area contributed by atoms with E-state index in [0.29, 0.717) is 0 Å². The first-order chi connectivity index (χ1) is 5.68. The molecule has 0 nitrogen and oxygen atoms in total. The average Bonchev–Trinajstić information content (AvgIpc) is 2.33. The standard InChI is InChI=1S/C11H13Br/c1-7-5-10-8(2)3-4-9(10)11(12)6-7/h5-6,8H,3-4H2,1-2H3. The predicted octanol–water partition coefficient (Wildman–Crippen LogP) is 3.81.